The topological polar surface area (TPSA) is 0 Å². The van der Waals surface area contributed by atoms with E-state index in [1.807, 2.05) is 0 Å². The van der Waals surface area contributed by atoms with Gasteiger partial charge in [-0.05, 0) is 6.42 Å². The molecule has 0 aromatic heterocycles. The van der Waals surface area contributed by atoms with Crippen LogP contribution >= 0.6 is 0 Å². The molecular formula is C17H23Cl2Zr-. The van der Waals surface area contributed by atoms with Crippen LogP contribution in [0.25, 0.3) is 0 Å². The van der Waals surface area contributed by atoms with E-state index in [1.54, 1.807) is 35.4 Å². The van der Waals surface area contributed by atoms with Gasteiger partial charge in [-0.3, -0.25) is 6.08 Å². The van der Waals surface area contributed by atoms with Gasteiger partial charge in [-0.1, -0.05) is 50.5 Å². The summed E-state index contributed by atoms with van der Waals surface area (Å²) < 4.78 is 1.51. The van der Waals surface area contributed by atoms with Crippen molar-refractivity contribution in [1.29, 1.82) is 0 Å². The van der Waals surface area contributed by atoms with Crippen LogP contribution in [0.15, 0.2) is 40.5 Å². The van der Waals surface area contributed by atoms with Crippen molar-refractivity contribution < 1.29 is 49.0 Å². The molecule has 0 atom stereocenters. The number of halogens is 2. The van der Waals surface area contributed by atoms with E-state index < -0.39 is 0 Å². The monoisotopic (exact) mass is 387 g/mol. The van der Waals surface area contributed by atoms with Crippen molar-refractivity contribution in [3.63, 3.8) is 0 Å². The first-order valence-corrected chi connectivity index (χ1v) is 8.02. The van der Waals surface area contributed by atoms with Crippen LogP contribution in [0.3, 0.4) is 0 Å². The van der Waals surface area contributed by atoms with Gasteiger partial charge in [0.1, 0.15) is 0 Å². The first kappa shape index (κ1) is 22.6. The SMILES string of the molecule is CCC1=[C-]CC(C2=CC=CC2)=C1CC.C[C](C)=[Zr+2].[Cl-].[Cl-]. The maximum atomic E-state index is 3.51. The predicted octanol–water partition coefficient (Wildman–Crippen LogP) is -1.12. The van der Waals surface area contributed by atoms with Crippen LogP contribution in [0.1, 0.15) is 53.4 Å². The van der Waals surface area contributed by atoms with Crippen molar-refractivity contribution in [2.75, 3.05) is 0 Å². The van der Waals surface area contributed by atoms with E-state index in [2.05, 4.69) is 52.0 Å². The maximum Gasteiger partial charge on any atom is -1.00 e. The van der Waals surface area contributed by atoms with Crippen molar-refractivity contribution in [2.24, 2.45) is 0 Å². The van der Waals surface area contributed by atoms with Gasteiger partial charge in [-0.2, -0.15) is 5.57 Å². The van der Waals surface area contributed by atoms with E-state index in [4.69, 9.17) is 0 Å². The molecule has 0 unspecified atom stereocenters. The average Bonchev–Trinajstić information content (AvgIpc) is 2.96. The Hall–Kier alpha value is 0.293. The molecule has 0 N–H and O–H groups in total. The van der Waals surface area contributed by atoms with Gasteiger partial charge in [0, 0.05) is 0 Å². The van der Waals surface area contributed by atoms with E-state index in [1.165, 1.54) is 14.4 Å². The van der Waals surface area contributed by atoms with E-state index in [9.17, 15) is 0 Å². The summed E-state index contributed by atoms with van der Waals surface area (Å²) in [6.45, 7) is 8.72. The molecule has 0 saturated carbocycles. The van der Waals surface area contributed by atoms with Crippen LogP contribution in [-0.2, 0) is 24.2 Å². The van der Waals surface area contributed by atoms with E-state index in [0.29, 0.717) is 0 Å². The Morgan fingerprint density at radius 1 is 1.20 bits per heavy atom. The Bertz CT molecular complexity index is 436. The molecule has 110 valence electrons. The second-order valence-electron chi connectivity index (χ2n) is 4.82. The van der Waals surface area contributed by atoms with Gasteiger partial charge >= 0.3 is 41.3 Å². The van der Waals surface area contributed by atoms with Gasteiger partial charge in [0.25, 0.3) is 0 Å². The molecule has 0 saturated heterocycles. The predicted molar refractivity (Wildman–Crippen MR) is 77.2 cm³/mol. The summed E-state index contributed by atoms with van der Waals surface area (Å²) in [5, 5.41) is 0. The van der Waals surface area contributed by atoms with Gasteiger partial charge in [0.2, 0.25) is 0 Å². The van der Waals surface area contributed by atoms with Gasteiger partial charge in [-0.25, -0.2) is 5.57 Å². The summed E-state index contributed by atoms with van der Waals surface area (Å²) in [5.74, 6) is 0. The van der Waals surface area contributed by atoms with Crippen molar-refractivity contribution in [3.05, 3.63) is 46.6 Å². The molecule has 0 aromatic carbocycles. The summed E-state index contributed by atoms with van der Waals surface area (Å²) in [6.07, 6.45) is 14.6. The Labute approximate surface area is 151 Å². The van der Waals surface area contributed by atoms with Crippen LogP contribution < -0.4 is 24.8 Å². The smallest absolute Gasteiger partial charge is 1.00 e. The Morgan fingerprint density at radius 2 is 1.80 bits per heavy atom. The van der Waals surface area contributed by atoms with Crippen LogP contribution in [0.4, 0.5) is 0 Å². The molecule has 2 aliphatic carbocycles. The zero-order chi connectivity index (χ0) is 13.5. The number of allylic oxidation sites excluding steroid dienone is 8. The minimum atomic E-state index is 0. The van der Waals surface area contributed by atoms with Crippen molar-refractivity contribution >= 4 is 3.21 Å². The van der Waals surface area contributed by atoms with Crippen molar-refractivity contribution in [3.8, 4) is 0 Å². The molecule has 0 fully saturated rings. The molecule has 3 heteroatoms. The van der Waals surface area contributed by atoms with E-state index >= 15 is 0 Å². The molecule has 0 spiro atoms. The van der Waals surface area contributed by atoms with Crippen molar-refractivity contribution in [1.82, 2.24) is 0 Å². The molecule has 0 aromatic rings. The summed E-state index contributed by atoms with van der Waals surface area (Å²) in [4.78, 5) is 0. The van der Waals surface area contributed by atoms with Gasteiger partial charge in [-0.15, -0.1) is 12.0 Å². The normalized spacial score (nSPS) is 15.7. The molecule has 0 nitrogen and oxygen atoms in total. The number of hydrogen-bond donors (Lipinski definition) is 0. The Kier molecular flexibility index (Phi) is 13.4. The standard InChI is InChI=1S/C14H17.C3H6.2ClH.Zr/c1-3-11-9-10-14(13(11)4-2)12-7-5-6-8-12;1-3-2;;;/h5-7H,3-4,8,10H2,1-2H3;1-2H3;2*1H;/q-1;;;;+2/p-2. The number of hydrogen-bond acceptors (Lipinski definition) is 0. The fourth-order valence-electron chi connectivity index (χ4n) is 2.33. The third-order valence-electron chi connectivity index (χ3n) is 3.07. The van der Waals surface area contributed by atoms with Crippen LogP contribution in [0.5, 0.6) is 0 Å². The fraction of sp³-hybridized carbons (Fsp3) is 0.471. The first-order valence-electron chi connectivity index (χ1n) is 6.80. The molecule has 0 bridgehead atoms. The zero-order valence-electron chi connectivity index (χ0n) is 12.8. The molecule has 0 heterocycles. The Morgan fingerprint density at radius 3 is 2.20 bits per heavy atom. The molecular weight excluding hydrogens is 366 g/mol. The largest absolute Gasteiger partial charge is 1.00 e. The third-order valence-corrected chi connectivity index (χ3v) is 3.07. The van der Waals surface area contributed by atoms with Gasteiger partial charge in [0.15, 0.2) is 0 Å². The molecule has 20 heavy (non-hydrogen) atoms. The molecule has 0 amide bonds. The maximum absolute atomic E-state index is 3.51. The Balaban J connectivity index is 0. The minimum Gasteiger partial charge on any atom is -1.00 e. The summed E-state index contributed by atoms with van der Waals surface area (Å²) in [5.41, 5.74) is 6.07. The second kappa shape index (κ2) is 11.9. The quantitative estimate of drug-likeness (QED) is 0.537. The van der Waals surface area contributed by atoms with Gasteiger partial charge < -0.3 is 24.8 Å². The number of rotatable bonds is 3. The van der Waals surface area contributed by atoms with Crippen molar-refractivity contribution in [2.45, 2.75) is 53.4 Å². The first-order chi connectivity index (χ1) is 8.60. The third kappa shape index (κ3) is 6.83. The summed E-state index contributed by atoms with van der Waals surface area (Å²) in [6, 6.07) is 0. The van der Waals surface area contributed by atoms with Crippen LogP contribution in [0, 0.1) is 6.08 Å². The minimum absolute atomic E-state index is 0. The molecule has 0 aliphatic heterocycles. The van der Waals surface area contributed by atoms with Crippen LogP contribution in [0.2, 0.25) is 0 Å². The average molecular weight is 390 g/mol. The molecule has 2 rings (SSSR count). The molecule has 0 radical (unpaired) electrons. The second-order valence-corrected chi connectivity index (χ2v) is 7.28. The fourth-order valence-corrected chi connectivity index (χ4v) is 2.33. The van der Waals surface area contributed by atoms with Gasteiger partial charge in [0.05, 0.1) is 0 Å². The van der Waals surface area contributed by atoms with E-state index in [0.717, 1.165) is 25.7 Å². The van der Waals surface area contributed by atoms with E-state index in [-0.39, 0.29) is 24.8 Å². The summed E-state index contributed by atoms with van der Waals surface area (Å²) in [7, 11) is 0. The molecule has 2 aliphatic rings. The van der Waals surface area contributed by atoms with Crippen LogP contribution in [-0.4, -0.2) is 3.21 Å². The zero-order valence-corrected chi connectivity index (χ0v) is 16.8. The summed E-state index contributed by atoms with van der Waals surface area (Å²) >= 11 is 1.55.